The van der Waals surface area contributed by atoms with E-state index in [1.54, 1.807) is 18.2 Å². The third-order valence-corrected chi connectivity index (χ3v) is 4.23. The van der Waals surface area contributed by atoms with Gasteiger partial charge in [0.15, 0.2) is 11.5 Å². The molecule has 1 aromatic heterocycles. The molecule has 0 aliphatic heterocycles. The predicted molar refractivity (Wildman–Crippen MR) is 106 cm³/mol. The number of carbonyl (C=O) groups excluding carboxylic acids is 1. The van der Waals surface area contributed by atoms with Gasteiger partial charge >= 0.3 is 0 Å². The number of ether oxygens (including phenoxy) is 2. The van der Waals surface area contributed by atoms with Crippen molar-refractivity contribution in [2.45, 2.75) is 6.54 Å². The Balaban J connectivity index is 1.62. The summed E-state index contributed by atoms with van der Waals surface area (Å²) >= 11 is 0. The number of nitrogens with one attached hydrogen (secondary N) is 1. The zero-order valence-electron chi connectivity index (χ0n) is 15.7. The highest BCUT2D eigenvalue weighted by Crippen LogP contribution is 2.27. The molecule has 0 unspecified atom stereocenters. The Labute approximate surface area is 162 Å². The molecule has 0 fully saturated rings. The lowest BCUT2D eigenvalue weighted by molar-refractivity contribution is 0.0951. The van der Waals surface area contributed by atoms with E-state index in [4.69, 9.17) is 9.47 Å². The first kappa shape index (κ1) is 19.2. The van der Waals surface area contributed by atoms with Crippen LogP contribution in [-0.4, -0.2) is 36.2 Å². The summed E-state index contributed by atoms with van der Waals surface area (Å²) in [5.41, 5.74) is 1.78. The molecule has 1 heterocycles. The normalized spacial score (nSPS) is 10.4. The molecule has 3 aromatic rings. The lowest BCUT2D eigenvalue weighted by Gasteiger charge is -2.11. The topological polar surface area (TPSA) is 82.5 Å². The Morgan fingerprint density at radius 3 is 2.46 bits per heavy atom. The molecule has 0 atom stereocenters. The zero-order valence-corrected chi connectivity index (χ0v) is 15.7. The van der Waals surface area contributed by atoms with Crippen molar-refractivity contribution >= 4 is 5.91 Å². The summed E-state index contributed by atoms with van der Waals surface area (Å²) in [5, 5.41) is 2.79. The first-order valence-corrected chi connectivity index (χ1v) is 8.74. The van der Waals surface area contributed by atoms with Crippen LogP contribution in [0.15, 0.2) is 65.7 Å². The Morgan fingerprint density at radius 2 is 1.79 bits per heavy atom. The fourth-order valence-corrected chi connectivity index (χ4v) is 2.73. The highest BCUT2D eigenvalue weighted by molar-refractivity contribution is 5.94. The van der Waals surface area contributed by atoms with Crippen LogP contribution in [0.25, 0.3) is 11.3 Å². The summed E-state index contributed by atoms with van der Waals surface area (Å²) in [6.07, 6.45) is 1.49. The maximum atomic E-state index is 12.3. The van der Waals surface area contributed by atoms with Gasteiger partial charge in [-0.15, -0.1) is 0 Å². The van der Waals surface area contributed by atoms with Crippen LogP contribution in [0.2, 0.25) is 0 Å². The van der Waals surface area contributed by atoms with E-state index >= 15 is 0 Å². The maximum Gasteiger partial charge on any atom is 0.253 e. The molecule has 0 saturated carbocycles. The number of carbonyl (C=O) groups is 1. The molecule has 2 aromatic carbocycles. The molecule has 0 saturated heterocycles. The third-order valence-electron chi connectivity index (χ3n) is 4.23. The molecular weight excluding hydrogens is 358 g/mol. The molecule has 0 radical (unpaired) electrons. The average molecular weight is 379 g/mol. The molecular formula is C21H21N3O4. The SMILES string of the molecule is COc1ccc(C(=O)NCCn2cnc(-c3ccccc3)cc2=O)cc1OC. The van der Waals surface area contributed by atoms with Crippen LogP contribution in [0.4, 0.5) is 0 Å². The number of methoxy groups -OCH3 is 2. The zero-order chi connectivity index (χ0) is 19.9. The van der Waals surface area contributed by atoms with Gasteiger partial charge in [0.05, 0.1) is 26.2 Å². The molecule has 0 aliphatic carbocycles. The summed E-state index contributed by atoms with van der Waals surface area (Å²) in [4.78, 5) is 28.9. The second-order valence-electron chi connectivity index (χ2n) is 6.00. The minimum absolute atomic E-state index is 0.172. The fraction of sp³-hybridized carbons (Fsp3) is 0.190. The molecule has 3 rings (SSSR count). The number of benzene rings is 2. The van der Waals surface area contributed by atoms with Crippen molar-refractivity contribution in [1.82, 2.24) is 14.9 Å². The van der Waals surface area contributed by atoms with Gasteiger partial charge in [-0.05, 0) is 18.2 Å². The smallest absolute Gasteiger partial charge is 0.253 e. The van der Waals surface area contributed by atoms with Gasteiger partial charge in [0.1, 0.15) is 0 Å². The molecule has 144 valence electrons. The van der Waals surface area contributed by atoms with E-state index in [2.05, 4.69) is 10.3 Å². The first-order chi connectivity index (χ1) is 13.6. The summed E-state index contributed by atoms with van der Waals surface area (Å²) in [6.45, 7) is 0.610. The molecule has 0 aliphatic rings. The van der Waals surface area contributed by atoms with Gasteiger partial charge in [-0.3, -0.25) is 14.2 Å². The van der Waals surface area contributed by atoms with Crippen molar-refractivity contribution in [2.24, 2.45) is 0 Å². The molecule has 0 spiro atoms. The summed E-state index contributed by atoms with van der Waals surface area (Å²) < 4.78 is 11.8. The summed E-state index contributed by atoms with van der Waals surface area (Å²) in [6, 6.07) is 15.9. The van der Waals surface area contributed by atoms with Crippen molar-refractivity contribution in [3.63, 3.8) is 0 Å². The van der Waals surface area contributed by atoms with E-state index < -0.39 is 0 Å². The van der Waals surface area contributed by atoms with E-state index in [0.717, 1.165) is 5.56 Å². The number of nitrogens with zero attached hydrogens (tertiary/aromatic N) is 2. The standard InChI is InChI=1S/C21H21N3O4/c1-27-18-9-8-16(12-19(18)28-2)21(26)22-10-11-24-14-23-17(13-20(24)25)15-6-4-3-5-7-15/h3-9,12-14H,10-11H2,1-2H3,(H,22,26). The maximum absolute atomic E-state index is 12.3. The second-order valence-corrected chi connectivity index (χ2v) is 6.00. The number of rotatable bonds is 7. The minimum Gasteiger partial charge on any atom is -0.493 e. The van der Waals surface area contributed by atoms with E-state index in [9.17, 15) is 9.59 Å². The van der Waals surface area contributed by atoms with Gasteiger partial charge < -0.3 is 14.8 Å². The van der Waals surface area contributed by atoms with E-state index in [-0.39, 0.29) is 11.5 Å². The highest BCUT2D eigenvalue weighted by Gasteiger charge is 2.10. The third kappa shape index (κ3) is 4.37. The van der Waals surface area contributed by atoms with Gasteiger partial charge in [0.2, 0.25) is 0 Å². The first-order valence-electron chi connectivity index (χ1n) is 8.74. The van der Waals surface area contributed by atoms with Gasteiger partial charge in [-0.1, -0.05) is 30.3 Å². The van der Waals surface area contributed by atoms with Crippen molar-refractivity contribution < 1.29 is 14.3 Å². The predicted octanol–water partition coefficient (Wildman–Crippen LogP) is 2.36. The number of amides is 1. The van der Waals surface area contributed by atoms with Crippen LogP contribution in [0.1, 0.15) is 10.4 Å². The Kier molecular flexibility index (Phi) is 6.06. The molecule has 1 N–H and O–H groups in total. The Bertz CT molecular complexity index is 1020. The van der Waals surface area contributed by atoms with Crippen LogP contribution in [-0.2, 0) is 6.54 Å². The van der Waals surface area contributed by atoms with Gasteiger partial charge in [-0.2, -0.15) is 0 Å². The van der Waals surface area contributed by atoms with Crippen LogP contribution in [0, 0.1) is 0 Å². The van der Waals surface area contributed by atoms with E-state index in [1.165, 1.54) is 31.2 Å². The molecule has 1 amide bonds. The average Bonchev–Trinajstić information content (AvgIpc) is 2.74. The summed E-state index contributed by atoms with van der Waals surface area (Å²) in [5.74, 6) is 0.769. The molecule has 28 heavy (non-hydrogen) atoms. The van der Waals surface area contributed by atoms with Crippen molar-refractivity contribution in [2.75, 3.05) is 20.8 Å². The second kappa shape index (κ2) is 8.85. The minimum atomic E-state index is -0.261. The quantitative estimate of drug-likeness (QED) is 0.681. The lowest BCUT2D eigenvalue weighted by atomic mass is 10.1. The number of hydrogen-bond donors (Lipinski definition) is 1. The molecule has 7 nitrogen and oxygen atoms in total. The van der Waals surface area contributed by atoms with Crippen molar-refractivity contribution in [1.29, 1.82) is 0 Å². The Morgan fingerprint density at radius 1 is 1.04 bits per heavy atom. The largest absolute Gasteiger partial charge is 0.493 e. The molecule has 0 bridgehead atoms. The van der Waals surface area contributed by atoms with E-state index in [1.807, 2.05) is 30.3 Å². The van der Waals surface area contributed by atoms with E-state index in [0.29, 0.717) is 35.8 Å². The monoisotopic (exact) mass is 379 g/mol. The van der Waals surface area contributed by atoms with Crippen molar-refractivity contribution in [3.05, 3.63) is 76.8 Å². The van der Waals surface area contributed by atoms with Crippen LogP contribution in [0.3, 0.4) is 0 Å². The van der Waals surface area contributed by atoms with Crippen LogP contribution < -0.4 is 20.3 Å². The van der Waals surface area contributed by atoms with Crippen molar-refractivity contribution in [3.8, 4) is 22.8 Å². The summed E-state index contributed by atoms with van der Waals surface area (Å²) in [7, 11) is 3.05. The van der Waals surface area contributed by atoms with Crippen LogP contribution in [0.5, 0.6) is 11.5 Å². The number of aromatic nitrogens is 2. The lowest BCUT2D eigenvalue weighted by Crippen LogP contribution is -2.30. The highest BCUT2D eigenvalue weighted by atomic mass is 16.5. The molecule has 7 heteroatoms. The Hall–Kier alpha value is -3.61. The van der Waals surface area contributed by atoms with Crippen LogP contribution >= 0.6 is 0 Å². The number of hydrogen-bond acceptors (Lipinski definition) is 5. The van der Waals surface area contributed by atoms with Gasteiger partial charge in [0.25, 0.3) is 11.5 Å². The van der Waals surface area contributed by atoms with Gasteiger partial charge in [-0.25, -0.2) is 4.98 Å². The van der Waals surface area contributed by atoms with Gasteiger partial charge in [0, 0.05) is 30.3 Å². The fourth-order valence-electron chi connectivity index (χ4n) is 2.73.